The number of rotatable bonds is 4. The van der Waals surface area contributed by atoms with Crippen LogP contribution < -0.4 is 14.4 Å². The summed E-state index contributed by atoms with van der Waals surface area (Å²) in [5, 5.41) is 4.57. The molecule has 2 aromatic rings. The summed E-state index contributed by atoms with van der Waals surface area (Å²) in [5.74, 6) is -0.928. The third kappa shape index (κ3) is 2.78. The lowest BCUT2D eigenvalue weighted by Gasteiger charge is -2.17. The second-order valence-corrected chi connectivity index (χ2v) is 7.00. The fourth-order valence-corrected chi connectivity index (χ4v) is 3.67. The van der Waals surface area contributed by atoms with E-state index in [-0.39, 0.29) is 10.7 Å². The molecule has 1 saturated heterocycles. The minimum Gasteiger partial charge on any atom is -0.497 e. The minimum absolute atomic E-state index is 0.211. The highest BCUT2D eigenvalue weighted by molar-refractivity contribution is 6.39. The van der Waals surface area contributed by atoms with Crippen LogP contribution in [0.15, 0.2) is 41.6 Å². The van der Waals surface area contributed by atoms with Crippen LogP contribution in [0.2, 0.25) is 10.0 Å². The molecule has 1 fully saturated rings. The van der Waals surface area contributed by atoms with Crippen LogP contribution in [0, 0.1) is 5.92 Å². The molecule has 0 aromatic heterocycles. The number of nitrogens with zero attached hydrogens (tertiary/aromatic N) is 2. The molecule has 0 N–H and O–H groups in total. The van der Waals surface area contributed by atoms with Gasteiger partial charge >= 0.3 is 0 Å². The van der Waals surface area contributed by atoms with Gasteiger partial charge in [-0.15, -0.1) is 0 Å². The van der Waals surface area contributed by atoms with Crippen molar-refractivity contribution in [2.45, 2.75) is 6.10 Å². The average molecular weight is 421 g/mol. The summed E-state index contributed by atoms with van der Waals surface area (Å²) >= 11 is 12.2. The van der Waals surface area contributed by atoms with Gasteiger partial charge in [0, 0.05) is 16.7 Å². The molecule has 144 valence electrons. The molecule has 2 amide bonds. The average Bonchev–Trinajstić information content (AvgIpc) is 3.23. The van der Waals surface area contributed by atoms with Crippen LogP contribution >= 0.6 is 23.2 Å². The van der Waals surface area contributed by atoms with E-state index in [2.05, 4.69) is 5.16 Å². The zero-order chi connectivity index (χ0) is 20.0. The number of carbonyl (C=O) groups excluding carboxylic acids is 2. The summed E-state index contributed by atoms with van der Waals surface area (Å²) in [6, 6.07) is 9.64. The fourth-order valence-electron chi connectivity index (χ4n) is 3.31. The Morgan fingerprint density at radius 2 is 1.82 bits per heavy atom. The number of hydrogen-bond acceptors (Lipinski definition) is 6. The first-order valence-electron chi connectivity index (χ1n) is 8.25. The maximum Gasteiger partial charge on any atom is 0.279 e. The quantitative estimate of drug-likeness (QED) is 0.709. The highest BCUT2D eigenvalue weighted by Gasteiger charge is 2.56. The zero-order valence-corrected chi connectivity index (χ0v) is 16.3. The van der Waals surface area contributed by atoms with Gasteiger partial charge in [0.05, 0.1) is 24.9 Å². The van der Waals surface area contributed by atoms with E-state index >= 15 is 0 Å². The molecule has 0 saturated carbocycles. The summed E-state index contributed by atoms with van der Waals surface area (Å²) in [4.78, 5) is 32.3. The van der Waals surface area contributed by atoms with Crippen molar-refractivity contribution >= 4 is 46.4 Å². The van der Waals surface area contributed by atoms with Crippen molar-refractivity contribution in [3.05, 3.63) is 52.0 Å². The van der Waals surface area contributed by atoms with E-state index in [0.717, 1.165) is 4.90 Å². The Balaban J connectivity index is 1.74. The van der Waals surface area contributed by atoms with E-state index in [1.54, 1.807) is 24.3 Å². The molecule has 0 aliphatic carbocycles. The molecular weight excluding hydrogens is 407 g/mol. The monoisotopic (exact) mass is 420 g/mol. The lowest BCUT2D eigenvalue weighted by Crippen LogP contribution is -2.33. The Bertz CT molecular complexity index is 1020. The number of hydrogen-bond donors (Lipinski definition) is 0. The first-order chi connectivity index (χ1) is 13.5. The largest absolute Gasteiger partial charge is 0.497 e. The maximum absolute atomic E-state index is 13.1. The zero-order valence-electron chi connectivity index (χ0n) is 14.8. The lowest BCUT2D eigenvalue weighted by atomic mass is 9.93. The van der Waals surface area contributed by atoms with Crippen LogP contribution in [0.1, 0.15) is 5.56 Å². The Kier molecular flexibility index (Phi) is 4.64. The number of amides is 2. The number of halogens is 2. The number of imide groups is 1. The summed E-state index contributed by atoms with van der Waals surface area (Å²) in [6.07, 6.45) is -1.07. The minimum atomic E-state index is -1.07. The number of benzene rings is 2. The molecule has 28 heavy (non-hydrogen) atoms. The van der Waals surface area contributed by atoms with Gasteiger partial charge in [-0.25, -0.2) is 4.90 Å². The van der Waals surface area contributed by atoms with E-state index < -0.39 is 23.8 Å². The molecule has 2 atom stereocenters. The maximum atomic E-state index is 13.1. The Hall–Kier alpha value is -2.77. The van der Waals surface area contributed by atoms with Crippen LogP contribution in [0.25, 0.3) is 0 Å². The van der Waals surface area contributed by atoms with Crippen molar-refractivity contribution in [2.24, 2.45) is 11.1 Å². The summed E-state index contributed by atoms with van der Waals surface area (Å²) in [5.41, 5.74) is 1.06. The predicted molar refractivity (Wildman–Crippen MR) is 103 cm³/mol. The Labute approximate surface area is 170 Å². The van der Waals surface area contributed by atoms with Gasteiger partial charge in [0.1, 0.15) is 23.1 Å². The Morgan fingerprint density at radius 3 is 2.54 bits per heavy atom. The first kappa shape index (κ1) is 18.6. The molecule has 7 nitrogen and oxygen atoms in total. The van der Waals surface area contributed by atoms with Crippen molar-refractivity contribution in [2.75, 3.05) is 19.1 Å². The highest BCUT2D eigenvalue weighted by Crippen LogP contribution is 2.40. The molecule has 9 heteroatoms. The highest BCUT2D eigenvalue weighted by atomic mass is 35.5. The first-order valence-corrected chi connectivity index (χ1v) is 9.01. The third-order valence-electron chi connectivity index (χ3n) is 4.65. The Morgan fingerprint density at radius 1 is 1.04 bits per heavy atom. The number of fused-ring (bicyclic) bond motifs is 1. The van der Waals surface area contributed by atoms with E-state index in [1.807, 2.05) is 0 Å². The predicted octanol–water partition coefficient (Wildman–Crippen LogP) is 3.30. The van der Waals surface area contributed by atoms with Gasteiger partial charge in [-0.3, -0.25) is 9.59 Å². The van der Waals surface area contributed by atoms with Gasteiger partial charge in [-0.2, -0.15) is 0 Å². The molecule has 2 aromatic carbocycles. The SMILES string of the molecule is COc1ccc(C2=NOC3C(=O)N(c4cc(Cl)ccc4Cl)C(=O)C23)c(OC)c1. The molecule has 0 bridgehead atoms. The topological polar surface area (TPSA) is 77.4 Å². The van der Waals surface area contributed by atoms with Crippen LogP contribution in [0.5, 0.6) is 11.5 Å². The molecule has 0 radical (unpaired) electrons. The molecule has 2 aliphatic rings. The number of oxime groups is 1. The number of anilines is 1. The van der Waals surface area contributed by atoms with E-state index in [0.29, 0.717) is 27.8 Å². The van der Waals surface area contributed by atoms with Crippen molar-refractivity contribution in [1.82, 2.24) is 0 Å². The van der Waals surface area contributed by atoms with Gasteiger partial charge in [0.2, 0.25) is 12.0 Å². The standard InChI is InChI=1S/C19H14Cl2N2O5/c1-26-10-4-5-11(14(8-10)27-2)16-15-17(28-22-16)19(25)23(18(15)24)13-7-9(20)3-6-12(13)21/h3-8,15,17H,1-2H3. The van der Waals surface area contributed by atoms with Gasteiger partial charge in [-0.1, -0.05) is 28.4 Å². The fraction of sp³-hybridized carbons (Fsp3) is 0.211. The lowest BCUT2D eigenvalue weighted by molar-refractivity contribution is -0.126. The van der Waals surface area contributed by atoms with E-state index in [9.17, 15) is 9.59 Å². The van der Waals surface area contributed by atoms with Gasteiger partial charge < -0.3 is 14.3 Å². The molecule has 2 unspecified atom stereocenters. The summed E-state index contributed by atoms with van der Waals surface area (Å²) < 4.78 is 10.6. The van der Waals surface area contributed by atoms with Gasteiger partial charge in [0.25, 0.3) is 5.91 Å². The smallest absolute Gasteiger partial charge is 0.279 e. The molecule has 2 heterocycles. The van der Waals surface area contributed by atoms with Crippen LogP contribution in [0.4, 0.5) is 5.69 Å². The third-order valence-corrected chi connectivity index (χ3v) is 5.20. The molecule has 0 spiro atoms. The van der Waals surface area contributed by atoms with Gasteiger partial charge in [-0.05, 0) is 30.3 Å². The molecule has 4 rings (SSSR count). The van der Waals surface area contributed by atoms with Crippen molar-refractivity contribution < 1.29 is 23.9 Å². The van der Waals surface area contributed by atoms with Crippen molar-refractivity contribution in [3.8, 4) is 11.5 Å². The van der Waals surface area contributed by atoms with Gasteiger partial charge in [0.15, 0.2) is 0 Å². The number of methoxy groups -OCH3 is 2. The van der Waals surface area contributed by atoms with E-state index in [1.165, 1.54) is 26.4 Å². The van der Waals surface area contributed by atoms with Crippen LogP contribution in [-0.4, -0.2) is 37.8 Å². The second-order valence-electron chi connectivity index (χ2n) is 6.15. The van der Waals surface area contributed by atoms with Crippen LogP contribution in [-0.2, 0) is 14.4 Å². The molecular formula is C19H14Cl2N2O5. The normalized spacial score (nSPS) is 20.7. The summed E-state index contributed by atoms with van der Waals surface area (Å²) in [6.45, 7) is 0. The number of carbonyl (C=O) groups is 2. The summed E-state index contributed by atoms with van der Waals surface area (Å²) in [7, 11) is 3.03. The second kappa shape index (κ2) is 7.00. The molecule has 2 aliphatic heterocycles. The van der Waals surface area contributed by atoms with E-state index in [4.69, 9.17) is 37.5 Å². The van der Waals surface area contributed by atoms with Crippen molar-refractivity contribution in [3.63, 3.8) is 0 Å². The van der Waals surface area contributed by atoms with Crippen LogP contribution in [0.3, 0.4) is 0 Å². The number of ether oxygens (including phenoxy) is 2. The van der Waals surface area contributed by atoms with Crippen molar-refractivity contribution in [1.29, 1.82) is 0 Å².